The van der Waals surface area contributed by atoms with Crippen molar-refractivity contribution in [2.75, 3.05) is 13.1 Å². The third kappa shape index (κ3) is 6.19. The Balaban J connectivity index is 1.54. The molecule has 0 aliphatic carbocycles. The molecule has 0 aliphatic rings. The molecule has 1 heterocycles. The van der Waals surface area contributed by atoms with Gasteiger partial charge in [-0.3, -0.25) is 9.78 Å². The number of aromatic nitrogens is 1. The molecule has 0 saturated heterocycles. The normalized spacial score (nSPS) is 10.3. The molecule has 0 atom stereocenters. The van der Waals surface area contributed by atoms with Gasteiger partial charge in [0, 0.05) is 25.5 Å². The fraction of sp³-hybridized carbons (Fsp3) is 0.294. The molecule has 4 nitrogen and oxygen atoms in total. The Morgan fingerprint density at radius 1 is 1.05 bits per heavy atom. The lowest BCUT2D eigenvalue weighted by Crippen LogP contribution is -2.34. The first kappa shape index (κ1) is 15.2. The van der Waals surface area contributed by atoms with Gasteiger partial charge in [-0.2, -0.15) is 0 Å². The van der Waals surface area contributed by atoms with Crippen molar-refractivity contribution in [3.8, 4) is 0 Å². The first-order valence-electron chi connectivity index (χ1n) is 7.25. The summed E-state index contributed by atoms with van der Waals surface area (Å²) in [7, 11) is 0. The fourth-order valence-electron chi connectivity index (χ4n) is 2.05. The summed E-state index contributed by atoms with van der Waals surface area (Å²) in [6, 6.07) is 14.2. The highest BCUT2D eigenvalue weighted by Gasteiger charge is 2.00. The first-order valence-corrected chi connectivity index (χ1v) is 7.25. The summed E-state index contributed by atoms with van der Waals surface area (Å²) in [6.45, 7) is 1.70. The van der Waals surface area contributed by atoms with E-state index in [0.717, 1.165) is 18.4 Å². The van der Waals surface area contributed by atoms with E-state index in [4.69, 9.17) is 0 Å². The number of amides is 1. The number of nitrogens with zero attached hydrogens (tertiary/aromatic N) is 1. The quantitative estimate of drug-likeness (QED) is 0.728. The second-order valence-corrected chi connectivity index (χ2v) is 4.90. The number of pyridine rings is 1. The van der Waals surface area contributed by atoms with Crippen LogP contribution in [0.4, 0.5) is 0 Å². The molecule has 110 valence electrons. The smallest absolute Gasteiger partial charge is 0.233 e. The van der Waals surface area contributed by atoms with Crippen LogP contribution in [0.15, 0.2) is 54.9 Å². The summed E-state index contributed by atoms with van der Waals surface area (Å²) in [5, 5.41) is 6.03. The molecule has 1 aromatic carbocycles. The average molecular weight is 283 g/mol. The van der Waals surface area contributed by atoms with Crippen LogP contribution >= 0.6 is 0 Å². The molecule has 0 fully saturated rings. The van der Waals surface area contributed by atoms with Gasteiger partial charge < -0.3 is 10.6 Å². The van der Waals surface area contributed by atoms with Crippen molar-refractivity contribution in [2.45, 2.75) is 19.4 Å². The maximum Gasteiger partial charge on any atom is 0.233 e. The fourth-order valence-corrected chi connectivity index (χ4v) is 2.05. The highest BCUT2D eigenvalue weighted by molar-refractivity contribution is 5.77. The van der Waals surface area contributed by atoms with Gasteiger partial charge in [0.25, 0.3) is 0 Å². The zero-order valence-corrected chi connectivity index (χ0v) is 12.1. The zero-order chi connectivity index (χ0) is 14.8. The molecule has 2 rings (SSSR count). The van der Waals surface area contributed by atoms with Gasteiger partial charge in [-0.05, 0) is 30.0 Å². The van der Waals surface area contributed by atoms with Crippen LogP contribution in [0.3, 0.4) is 0 Å². The molecule has 0 bridgehead atoms. The second-order valence-electron chi connectivity index (χ2n) is 4.90. The number of rotatable bonds is 8. The predicted molar refractivity (Wildman–Crippen MR) is 83.7 cm³/mol. The molecule has 21 heavy (non-hydrogen) atoms. The summed E-state index contributed by atoms with van der Waals surface area (Å²) in [5.41, 5.74) is 2.39. The van der Waals surface area contributed by atoms with E-state index >= 15 is 0 Å². The molecule has 1 aromatic heterocycles. The number of carbonyl (C=O) groups is 1. The van der Waals surface area contributed by atoms with E-state index in [2.05, 4.69) is 27.8 Å². The SMILES string of the molecule is O=C(CNCc1cccnc1)NCCCc1ccccc1. The Bertz CT molecular complexity index is 528. The second kappa shape index (κ2) is 8.87. The minimum absolute atomic E-state index is 0.0342. The lowest BCUT2D eigenvalue weighted by molar-refractivity contribution is -0.120. The van der Waals surface area contributed by atoms with Gasteiger partial charge in [0.15, 0.2) is 0 Å². The van der Waals surface area contributed by atoms with Crippen molar-refractivity contribution in [2.24, 2.45) is 0 Å². The van der Waals surface area contributed by atoms with Crippen LogP contribution in [-0.4, -0.2) is 24.0 Å². The Morgan fingerprint density at radius 3 is 2.62 bits per heavy atom. The van der Waals surface area contributed by atoms with Crippen LogP contribution in [0, 0.1) is 0 Å². The largest absolute Gasteiger partial charge is 0.355 e. The van der Waals surface area contributed by atoms with E-state index in [0.29, 0.717) is 19.6 Å². The highest BCUT2D eigenvalue weighted by Crippen LogP contribution is 2.01. The van der Waals surface area contributed by atoms with Crippen LogP contribution in [0.1, 0.15) is 17.5 Å². The van der Waals surface area contributed by atoms with Gasteiger partial charge in [-0.15, -0.1) is 0 Å². The number of hydrogen-bond donors (Lipinski definition) is 2. The van der Waals surface area contributed by atoms with Crippen molar-refractivity contribution in [3.05, 3.63) is 66.0 Å². The van der Waals surface area contributed by atoms with E-state index in [1.54, 1.807) is 12.4 Å². The van der Waals surface area contributed by atoms with E-state index in [9.17, 15) is 4.79 Å². The third-order valence-electron chi connectivity index (χ3n) is 3.14. The molecule has 2 aromatic rings. The van der Waals surface area contributed by atoms with E-state index in [1.165, 1.54) is 5.56 Å². The lowest BCUT2D eigenvalue weighted by atomic mass is 10.1. The van der Waals surface area contributed by atoms with Crippen LogP contribution < -0.4 is 10.6 Å². The Kier molecular flexibility index (Phi) is 6.42. The maximum absolute atomic E-state index is 11.7. The maximum atomic E-state index is 11.7. The third-order valence-corrected chi connectivity index (χ3v) is 3.14. The van der Waals surface area contributed by atoms with Gasteiger partial charge in [-0.25, -0.2) is 0 Å². The van der Waals surface area contributed by atoms with Crippen molar-refractivity contribution in [3.63, 3.8) is 0 Å². The number of nitrogens with one attached hydrogen (secondary N) is 2. The zero-order valence-electron chi connectivity index (χ0n) is 12.1. The Labute approximate surface area is 125 Å². The summed E-state index contributed by atoms with van der Waals surface area (Å²) in [4.78, 5) is 15.7. The van der Waals surface area contributed by atoms with Crippen LogP contribution in [0.2, 0.25) is 0 Å². The van der Waals surface area contributed by atoms with E-state index < -0.39 is 0 Å². The van der Waals surface area contributed by atoms with Crippen molar-refractivity contribution >= 4 is 5.91 Å². The number of benzene rings is 1. The first-order chi connectivity index (χ1) is 10.3. The molecule has 0 unspecified atom stereocenters. The van der Waals surface area contributed by atoms with Gasteiger partial charge in [-0.1, -0.05) is 36.4 Å². The minimum Gasteiger partial charge on any atom is -0.355 e. The van der Waals surface area contributed by atoms with Crippen molar-refractivity contribution < 1.29 is 4.79 Å². The average Bonchev–Trinajstić information content (AvgIpc) is 2.54. The van der Waals surface area contributed by atoms with Crippen molar-refractivity contribution in [1.82, 2.24) is 15.6 Å². The molecule has 2 N–H and O–H groups in total. The molecular weight excluding hydrogens is 262 g/mol. The molecule has 0 spiro atoms. The Hall–Kier alpha value is -2.20. The summed E-state index contributed by atoms with van der Waals surface area (Å²) in [6.07, 6.45) is 5.48. The van der Waals surface area contributed by atoms with Crippen molar-refractivity contribution in [1.29, 1.82) is 0 Å². The predicted octanol–water partition coefficient (Wildman–Crippen LogP) is 1.92. The van der Waals surface area contributed by atoms with E-state index in [-0.39, 0.29) is 5.91 Å². The number of aryl methyl sites for hydroxylation is 1. The number of hydrogen-bond acceptors (Lipinski definition) is 3. The monoisotopic (exact) mass is 283 g/mol. The van der Waals surface area contributed by atoms with Crippen LogP contribution in [0.5, 0.6) is 0 Å². The minimum atomic E-state index is 0.0342. The number of carbonyl (C=O) groups excluding carboxylic acids is 1. The van der Waals surface area contributed by atoms with Gasteiger partial charge >= 0.3 is 0 Å². The lowest BCUT2D eigenvalue weighted by Gasteiger charge is -2.07. The molecular formula is C17H21N3O. The van der Waals surface area contributed by atoms with Gasteiger partial charge in [0.2, 0.25) is 5.91 Å². The standard InChI is InChI=1S/C17H21N3O/c21-17(14-19-13-16-9-4-10-18-12-16)20-11-5-8-15-6-2-1-3-7-15/h1-4,6-7,9-10,12,19H,5,8,11,13-14H2,(H,20,21). The van der Waals surface area contributed by atoms with E-state index in [1.807, 2.05) is 30.3 Å². The summed E-state index contributed by atoms with van der Waals surface area (Å²) >= 11 is 0. The highest BCUT2D eigenvalue weighted by atomic mass is 16.1. The molecule has 4 heteroatoms. The molecule has 1 amide bonds. The Morgan fingerprint density at radius 2 is 1.86 bits per heavy atom. The summed E-state index contributed by atoms with van der Waals surface area (Å²) in [5.74, 6) is 0.0342. The van der Waals surface area contributed by atoms with Gasteiger partial charge in [0.1, 0.15) is 0 Å². The van der Waals surface area contributed by atoms with Crippen LogP contribution in [-0.2, 0) is 17.8 Å². The molecule has 0 aliphatic heterocycles. The topological polar surface area (TPSA) is 54.0 Å². The van der Waals surface area contributed by atoms with Gasteiger partial charge in [0.05, 0.1) is 6.54 Å². The van der Waals surface area contributed by atoms with Crippen LogP contribution in [0.25, 0.3) is 0 Å². The summed E-state index contributed by atoms with van der Waals surface area (Å²) < 4.78 is 0. The molecule has 0 saturated carbocycles. The molecule has 0 radical (unpaired) electrons.